The van der Waals surface area contributed by atoms with Crippen molar-refractivity contribution in [2.45, 2.75) is 25.9 Å². The second-order valence-electron chi connectivity index (χ2n) is 7.25. The van der Waals surface area contributed by atoms with E-state index < -0.39 is 0 Å². The molecule has 0 saturated carbocycles. The third kappa shape index (κ3) is 3.37. The molecule has 2 saturated heterocycles. The lowest BCUT2D eigenvalue weighted by Crippen LogP contribution is -2.60. The van der Waals surface area contributed by atoms with Crippen LogP contribution in [0.4, 0.5) is 0 Å². The van der Waals surface area contributed by atoms with E-state index in [-0.39, 0.29) is 18.0 Å². The summed E-state index contributed by atoms with van der Waals surface area (Å²) in [5.41, 5.74) is 3.80. The number of benzene rings is 1. The van der Waals surface area contributed by atoms with Crippen LogP contribution in [0.2, 0.25) is 0 Å². The second kappa shape index (κ2) is 7.17. The van der Waals surface area contributed by atoms with Gasteiger partial charge in [0.05, 0.1) is 25.3 Å². The van der Waals surface area contributed by atoms with Crippen molar-refractivity contribution < 1.29 is 9.53 Å². The lowest BCUT2D eigenvalue weighted by molar-refractivity contribution is -0.0770. The minimum atomic E-state index is 0.0973. The fourth-order valence-electron chi connectivity index (χ4n) is 4.13. The Morgan fingerprint density at radius 3 is 2.54 bits per heavy atom. The molecule has 4 rings (SSSR count). The fourth-order valence-corrected chi connectivity index (χ4v) is 4.13. The highest BCUT2D eigenvalue weighted by molar-refractivity contribution is 5.94. The number of hydrogen-bond donors (Lipinski definition) is 0. The van der Waals surface area contributed by atoms with E-state index >= 15 is 0 Å². The Bertz CT molecular complexity index is 773. The number of ether oxygens (including phenoxy) is 1. The van der Waals surface area contributed by atoms with Crippen LogP contribution in [0.3, 0.4) is 0 Å². The average molecular weight is 351 g/mol. The molecule has 2 aromatic rings. The summed E-state index contributed by atoms with van der Waals surface area (Å²) in [5.74, 6) is 0.0973. The fraction of sp³-hybridized carbons (Fsp3) is 0.429. The molecule has 26 heavy (non-hydrogen) atoms. The highest BCUT2D eigenvalue weighted by Crippen LogP contribution is 2.30. The zero-order valence-electron chi connectivity index (χ0n) is 15.4. The number of amides is 1. The summed E-state index contributed by atoms with van der Waals surface area (Å²) in [6.07, 6.45) is 0. The summed E-state index contributed by atoms with van der Waals surface area (Å²) in [6.45, 7) is 7.60. The first-order valence-electron chi connectivity index (χ1n) is 9.25. The van der Waals surface area contributed by atoms with Crippen molar-refractivity contribution in [3.05, 3.63) is 65.0 Å². The average Bonchev–Trinajstić information content (AvgIpc) is 2.66. The van der Waals surface area contributed by atoms with E-state index in [0.717, 1.165) is 36.6 Å². The van der Waals surface area contributed by atoms with Gasteiger partial charge in [0.1, 0.15) is 0 Å². The number of aryl methyl sites for hydroxylation is 2. The van der Waals surface area contributed by atoms with Crippen LogP contribution in [0.15, 0.2) is 42.5 Å². The van der Waals surface area contributed by atoms with Crippen LogP contribution in [0.5, 0.6) is 0 Å². The predicted octanol–water partition coefficient (Wildman–Crippen LogP) is 2.60. The van der Waals surface area contributed by atoms with E-state index in [0.29, 0.717) is 13.2 Å². The number of hydrogen-bond acceptors (Lipinski definition) is 4. The van der Waals surface area contributed by atoms with Crippen molar-refractivity contribution in [2.24, 2.45) is 0 Å². The molecule has 2 atom stereocenters. The normalized spacial score (nSPS) is 23.5. The molecule has 136 valence electrons. The zero-order chi connectivity index (χ0) is 18.1. The third-order valence-corrected chi connectivity index (χ3v) is 5.31. The Morgan fingerprint density at radius 2 is 1.81 bits per heavy atom. The Labute approximate surface area is 154 Å². The molecule has 2 aliphatic heterocycles. The Hall–Kier alpha value is -2.24. The number of piperazine rings is 1. The first-order valence-corrected chi connectivity index (χ1v) is 9.25. The molecule has 0 bridgehead atoms. The molecule has 3 heterocycles. The van der Waals surface area contributed by atoms with Gasteiger partial charge in [0, 0.05) is 36.6 Å². The lowest BCUT2D eigenvalue weighted by Gasteiger charge is -2.48. The van der Waals surface area contributed by atoms with Gasteiger partial charge in [-0.25, -0.2) is 0 Å². The molecule has 0 radical (unpaired) electrons. The molecule has 5 heteroatoms. The first-order chi connectivity index (χ1) is 12.6. The van der Waals surface area contributed by atoms with Crippen LogP contribution in [0, 0.1) is 13.8 Å². The van der Waals surface area contributed by atoms with Gasteiger partial charge in [0.2, 0.25) is 0 Å². The molecular formula is C21H25N3O2. The maximum Gasteiger partial charge on any atom is 0.254 e. The summed E-state index contributed by atoms with van der Waals surface area (Å²) in [4.78, 5) is 21.8. The quantitative estimate of drug-likeness (QED) is 0.834. The van der Waals surface area contributed by atoms with Gasteiger partial charge in [-0.15, -0.1) is 0 Å². The summed E-state index contributed by atoms with van der Waals surface area (Å²) in [7, 11) is 0. The second-order valence-corrected chi connectivity index (χ2v) is 7.25. The Morgan fingerprint density at radius 1 is 1.08 bits per heavy atom. The molecule has 2 aliphatic rings. The number of nitrogens with zero attached hydrogens (tertiary/aromatic N) is 3. The largest absolute Gasteiger partial charge is 0.378 e. The molecule has 1 aromatic heterocycles. The number of carbonyl (C=O) groups excluding carboxylic acids is 1. The number of morpholine rings is 1. The van der Waals surface area contributed by atoms with Crippen molar-refractivity contribution in [1.29, 1.82) is 0 Å². The maximum absolute atomic E-state index is 13.0. The van der Waals surface area contributed by atoms with Crippen LogP contribution >= 0.6 is 0 Å². The topological polar surface area (TPSA) is 45.7 Å². The van der Waals surface area contributed by atoms with Gasteiger partial charge < -0.3 is 9.64 Å². The van der Waals surface area contributed by atoms with Gasteiger partial charge in [-0.05, 0) is 31.5 Å². The molecule has 1 amide bonds. The van der Waals surface area contributed by atoms with Gasteiger partial charge in [-0.3, -0.25) is 14.7 Å². The van der Waals surface area contributed by atoms with Crippen molar-refractivity contribution in [2.75, 3.05) is 32.8 Å². The number of rotatable bonds is 2. The van der Waals surface area contributed by atoms with E-state index in [1.807, 2.05) is 36.9 Å². The molecule has 1 aromatic carbocycles. The minimum absolute atomic E-state index is 0.0973. The van der Waals surface area contributed by atoms with Crippen LogP contribution in [0.1, 0.15) is 33.4 Å². The molecule has 5 nitrogen and oxygen atoms in total. The first kappa shape index (κ1) is 17.2. The standard InChI is InChI=1S/C21H25N3O2/c1-15-10-18(11-16(2)22-15)21(25)23-8-9-24-19(12-23)13-26-14-20(24)17-6-4-3-5-7-17/h3-7,10-11,19-20H,8-9,12-14H2,1-2H3/t19-,20-/m1/s1. The number of fused-ring (bicyclic) bond motifs is 1. The number of carbonyl (C=O) groups is 1. The van der Waals surface area contributed by atoms with Crippen molar-refractivity contribution in [3.63, 3.8) is 0 Å². The van der Waals surface area contributed by atoms with Crippen LogP contribution in [0.25, 0.3) is 0 Å². The van der Waals surface area contributed by atoms with Crippen LogP contribution in [-0.4, -0.2) is 59.6 Å². The zero-order valence-corrected chi connectivity index (χ0v) is 15.4. The van der Waals surface area contributed by atoms with Crippen molar-refractivity contribution >= 4 is 5.91 Å². The summed E-state index contributed by atoms with van der Waals surface area (Å²) >= 11 is 0. The number of aromatic nitrogens is 1. The van der Waals surface area contributed by atoms with E-state index in [1.165, 1.54) is 5.56 Å². The van der Waals surface area contributed by atoms with Gasteiger partial charge in [0.15, 0.2) is 0 Å². The molecule has 0 unspecified atom stereocenters. The molecule has 0 spiro atoms. The van der Waals surface area contributed by atoms with Gasteiger partial charge >= 0.3 is 0 Å². The molecule has 2 fully saturated rings. The summed E-state index contributed by atoms with van der Waals surface area (Å²) in [5, 5.41) is 0. The minimum Gasteiger partial charge on any atom is -0.378 e. The smallest absolute Gasteiger partial charge is 0.254 e. The van der Waals surface area contributed by atoms with Crippen molar-refractivity contribution in [3.8, 4) is 0 Å². The molecule has 0 aliphatic carbocycles. The summed E-state index contributed by atoms with van der Waals surface area (Å²) in [6, 6.07) is 14.8. The third-order valence-electron chi connectivity index (χ3n) is 5.31. The Kier molecular flexibility index (Phi) is 4.74. The monoisotopic (exact) mass is 351 g/mol. The predicted molar refractivity (Wildman–Crippen MR) is 100 cm³/mol. The van der Waals surface area contributed by atoms with Gasteiger partial charge in [-0.2, -0.15) is 0 Å². The van der Waals surface area contributed by atoms with E-state index in [2.05, 4.69) is 34.1 Å². The van der Waals surface area contributed by atoms with Crippen LogP contribution < -0.4 is 0 Å². The summed E-state index contributed by atoms with van der Waals surface area (Å²) < 4.78 is 5.89. The van der Waals surface area contributed by atoms with Gasteiger partial charge in [0.25, 0.3) is 5.91 Å². The SMILES string of the molecule is Cc1cc(C(=O)N2CCN3[C@@H](COC[C@@H]3c3ccccc3)C2)cc(C)n1. The maximum atomic E-state index is 13.0. The molecule has 0 N–H and O–H groups in total. The van der Waals surface area contributed by atoms with E-state index in [9.17, 15) is 4.79 Å². The van der Waals surface area contributed by atoms with E-state index in [4.69, 9.17) is 4.74 Å². The lowest BCUT2D eigenvalue weighted by atomic mass is 10.00. The highest BCUT2D eigenvalue weighted by atomic mass is 16.5. The highest BCUT2D eigenvalue weighted by Gasteiger charge is 2.37. The van der Waals surface area contributed by atoms with Crippen molar-refractivity contribution in [1.82, 2.24) is 14.8 Å². The van der Waals surface area contributed by atoms with Gasteiger partial charge in [-0.1, -0.05) is 30.3 Å². The Balaban J connectivity index is 1.50. The van der Waals surface area contributed by atoms with Crippen LogP contribution in [-0.2, 0) is 4.74 Å². The van der Waals surface area contributed by atoms with E-state index in [1.54, 1.807) is 0 Å². The molecular weight excluding hydrogens is 326 g/mol. The number of pyridine rings is 1.